The number of benzene rings is 2. The molecule has 0 saturated heterocycles. The number of methoxy groups -OCH3 is 1. The van der Waals surface area contributed by atoms with E-state index in [1.54, 1.807) is 13.3 Å². The number of aromatic nitrogens is 2. The number of rotatable bonds is 5. The largest absolute Gasteiger partial charge is 0.496 e. The van der Waals surface area contributed by atoms with Crippen LogP contribution in [0.1, 0.15) is 16.1 Å². The van der Waals surface area contributed by atoms with E-state index < -0.39 is 0 Å². The second kappa shape index (κ2) is 7.25. The summed E-state index contributed by atoms with van der Waals surface area (Å²) in [6.45, 7) is 0.133. The van der Waals surface area contributed by atoms with Crippen LogP contribution in [0.2, 0.25) is 0 Å². The van der Waals surface area contributed by atoms with Crippen molar-refractivity contribution < 1.29 is 14.3 Å². The number of esters is 1. The Bertz CT molecular complexity index is 1110. The molecule has 0 aliphatic carbocycles. The van der Waals surface area contributed by atoms with E-state index in [2.05, 4.69) is 4.98 Å². The molecule has 0 spiro atoms. The molecule has 0 unspecified atom stereocenters. The fraction of sp³-hybridized carbons (Fsp3) is 0.143. The number of thiazole rings is 1. The van der Waals surface area contributed by atoms with Gasteiger partial charge in [-0.25, -0.2) is 9.78 Å². The molecule has 0 aliphatic rings. The highest BCUT2D eigenvalue weighted by Gasteiger charge is 2.16. The standard InChI is InChI=1S/C21H18N2O3S/c1-23-11-17(15-7-3-5-9-18(15)23)21(24)26-12-14-13-27-20(22-14)16-8-4-6-10-19(16)25-2/h3-11,13H,12H2,1-2H3. The predicted octanol–water partition coefficient (Wildman–Crippen LogP) is 4.67. The highest BCUT2D eigenvalue weighted by molar-refractivity contribution is 7.13. The summed E-state index contributed by atoms with van der Waals surface area (Å²) in [5.74, 6) is 0.421. The van der Waals surface area contributed by atoms with Gasteiger partial charge in [0.25, 0.3) is 0 Å². The highest BCUT2D eigenvalue weighted by atomic mass is 32.1. The Balaban J connectivity index is 1.51. The van der Waals surface area contributed by atoms with Gasteiger partial charge in [0.15, 0.2) is 0 Å². The normalized spacial score (nSPS) is 10.9. The van der Waals surface area contributed by atoms with E-state index in [0.29, 0.717) is 5.56 Å². The monoisotopic (exact) mass is 378 g/mol. The molecule has 2 heterocycles. The molecule has 0 saturated carbocycles. The molecular formula is C21H18N2O3S. The van der Waals surface area contributed by atoms with Gasteiger partial charge in [-0.3, -0.25) is 0 Å². The summed E-state index contributed by atoms with van der Waals surface area (Å²) >= 11 is 1.50. The van der Waals surface area contributed by atoms with E-state index in [4.69, 9.17) is 9.47 Å². The van der Waals surface area contributed by atoms with Gasteiger partial charge in [0.05, 0.1) is 23.9 Å². The lowest BCUT2D eigenvalue weighted by molar-refractivity contribution is 0.0470. The number of carbonyl (C=O) groups excluding carboxylic acids is 1. The molecule has 2 aromatic carbocycles. The summed E-state index contributed by atoms with van der Waals surface area (Å²) in [6, 6.07) is 15.5. The summed E-state index contributed by atoms with van der Waals surface area (Å²) in [5, 5.41) is 3.62. The van der Waals surface area contributed by atoms with Crippen LogP contribution >= 0.6 is 11.3 Å². The molecule has 0 N–H and O–H groups in total. The fourth-order valence-corrected chi connectivity index (χ4v) is 3.87. The van der Waals surface area contributed by atoms with Crippen LogP contribution in [0.3, 0.4) is 0 Å². The minimum Gasteiger partial charge on any atom is -0.496 e. The van der Waals surface area contributed by atoms with Gasteiger partial charge in [-0.1, -0.05) is 30.3 Å². The first-order valence-electron chi connectivity index (χ1n) is 8.46. The lowest BCUT2D eigenvalue weighted by Gasteiger charge is -2.04. The second-order valence-electron chi connectivity index (χ2n) is 6.09. The van der Waals surface area contributed by atoms with Gasteiger partial charge in [-0.05, 0) is 18.2 Å². The zero-order valence-corrected chi connectivity index (χ0v) is 15.8. The molecule has 0 fully saturated rings. The van der Waals surface area contributed by atoms with Crippen LogP contribution in [0.25, 0.3) is 21.5 Å². The van der Waals surface area contributed by atoms with Gasteiger partial charge in [-0.2, -0.15) is 0 Å². The van der Waals surface area contributed by atoms with Crippen LogP contribution in [-0.4, -0.2) is 22.6 Å². The SMILES string of the molecule is COc1ccccc1-c1nc(COC(=O)c2cn(C)c3ccccc23)cs1. The number of para-hydroxylation sites is 2. The summed E-state index contributed by atoms with van der Waals surface area (Å²) in [5.41, 5.74) is 3.20. The molecule has 6 heteroatoms. The van der Waals surface area contributed by atoms with Crippen molar-refractivity contribution in [3.8, 4) is 16.3 Å². The predicted molar refractivity (Wildman–Crippen MR) is 106 cm³/mol. The van der Waals surface area contributed by atoms with Crippen molar-refractivity contribution in [2.45, 2.75) is 6.61 Å². The van der Waals surface area contributed by atoms with Crippen molar-refractivity contribution in [2.75, 3.05) is 7.11 Å². The minimum atomic E-state index is -0.348. The maximum atomic E-state index is 12.5. The summed E-state index contributed by atoms with van der Waals surface area (Å²) < 4.78 is 12.8. The Morgan fingerprint density at radius 1 is 1.15 bits per heavy atom. The number of hydrogen-bond acceptors (Lipinski definition) is 5. The first-order chi connectivity index (χ1) is 13.2. The van der Waals surface area contributed by atoms with Crippen molar-refractivity contribution in [1.29, 1.82) is 0 Å². The van der Waals surface area contributed by atoms with Crippen molar-refractivity contribution in [3.05, 3.63) is 71.4 Å². The lowest BCUT2D eigenvalue weighted by atomic mass is 10.2. The Morgan fingerprint density at radius 3 is 2.78 bits per heavy atom. The van der Waals surface area contributed by atoms with Gasteiger partial charge in [0.1, 0.15) is 17.4 Å². The molecule has 2 aromatic heterocycles. The van der Waals surface area contributed by atoms with Gasteiger partial charge in [0.2, 0.25) is 0 Å². The Morgan fingerprint density at radius 2 is 1.93 bits per heavy atom. The maximum Gasteiger partial charge on any atom is 0.340 e. The fourth-order valence-electron chi connectivity index (χ4n) is 3.04. The van der Waals surface area contributed by atoms with Crippen LogP contribution in [0, 0.1) is 0 Å². The van der Waals surface area contributed by atoms with E-state index >= 15 is 0 Å². The first-order valence-corrected chi connectivity index (χ1v) is 9.34. The molecule has 4 aromatic rings. The number of aryl methyl sites for hydroxylation is 1. The van der Waals surface area contributed by atoms with Crippen molar-refractivity contribution in [1.82, 2.24) is 9.55 Å². The van der Waals surface area contributed by atoms with E-state index in [-0.39, 0.29) is 12.6 Å². The number of fused-ring (bicyclic) bond motifs is 1. The van der Waals surface area contributed by atoms with Crippen molar-refractivity contribution in [3.63, 3.8) is 0 Å². The average Bonchev–Trinajstić information content (AvgIpc) is 3.31. The Labute approximate surface area is 160 Å². The molecule has 136 valence electrons. The Kier molecular flexibility index (Phi) is 4.64. The van der Waals surface area contributed by atoms with Crippen LogP contribution in [0.4, 0.5) is 0 Å². The second-order valence-corrected chi connectivity index (χ2v) is 6.95. The van der Waals surface area contributed by atoms with Gasteiger partial charge in [-0.15, -0.1) is 11.3 Å². The molecule has 0 atom stereocenters. The third kappa shape index (κ3) is 3.31. The van der Waals surface area contributed by atoms with E-state index in [1.165, 1.54) is 11.3 Å². The van der Waals surface area contributed by atoms with Gasteiger partial charge in [0, 0.05) is 29.5 Å². The lowest BCUT2D eigenvalue weighted by Crippen LogP contribution is -2.05. The number of ether oxygens (including phenoxy) is 2. The van der Waals surface area contributed by atoms with Crippen LogP contribution < -0.4 is 4.74 Å². The van der Waals surface area contributed by atoms with Crippen LogP contribution in [0.15, 0.2) is 60.1 Å². The van der Waals surface area contributed by atoms with E-state index in [1.807, 2.05) is 65.5 Å². The van der Waals surface area contributed by atoms with Crippen molar-refractivity contribution in [2.24, 2.45) is 7.05 Å². The third-order valence-corrected chi connectivity index (χ3v) is 5.28. The van der Waals surface area contributed by atoms with Gasteiger partial charge < -0.3 is 14.0 Å². The molecule has 0 amide bonds. The molecule has 5 nitrogen and oxygen atoms in total. The minimum absolute atomic E-state index is 0.133. The number of carbonyl (C=O) groups is 1. The Hall–Kier alpha value is -3.12. The number of nitrogens with zero attached hydrogens (tertiary/aromatic N) is 2. The quantitative estimate of drug-likeness (QED) is 0.474. The van der Waals surface area contributed by atoms with Gasteiger partial charge >= 0.3 is 5.97 Å². The molecule has 27 heavy (non-hydrogen) atoms. The zero-order valence-electron chi connectivity index (χ0n) is 15.0. The first kappa shape index (κ1) is 17.3. The molecular weight excluding hydrogens is 360 g/mol. The summed E-state index contributed by atoms with van der Waals surface area (Å²) in [7, 11) is 3.55. The molecule has 0 bridgehead atoms. The molecule has 0 aliphatic heterocycles. The van der Waals surface area contributed by atoms with E-state index in [9.17, 15) is 4.79 Å². The van der Waals surface area contributed by atoms with E-state index in [0.717, 1.165) is 32.9 Å². The number of hydrogen-bond donors (Lipinski definition) is 0. The maximum absolute atomic E-state index is 12.5. The third-order valence-electron chi connectivity index (χ3n) is 4.36. The van der Waals surface area contributed by atoms with Crippen molar-refractivity contribution >= 4 is 28.2 Å². The molecule has 4 rings (SSSR count). The molecule has 0 radical (unpaired) electrons. The summed E-state index contributed by atoms with van der Waals surface area (Å²) in [6.07, 6.45) is 1.80. The summed E-state index contributed by atoms with van der Waals surface area (Å²) in [4.78, 5) is 17.1. The topological polar surface area (TPSA) is 53.4 Å². The average molecular weight is 378 g/mol. The zero-order chi connectivity index (χ0) is 18.8. The highest BCUT2D eigenvalue weighted by Crippen LogP contribution is 2.32. The smallest absolute Gasteiger partial charge is 0.340 e. The van der Waals surface area contributed by atoms with Crippen LogP contribution in [0.5, 0.6) is 5.75 Å². The van der Waals surface area contributed by atoms with Crippen LogP contribution in [-0.2, 0) is 18.4 Å².